The van der Waals surface area contributed by atoms with E-state index in [1.165, 1.54) is 15.6 Å². The predicted octanol–water partition coefficient (Wildman–Crippen LogP) is 2.91. The van der Waals surface area contributed by atoms with E-state index < -0.39 is 10.0 Å². The van der Waals surface area contributed by atoms with Crippen LogP contribution in [0.2, 0.25) is 0 Å². The molecule has 1 aromatic heterocycles. The molecule has 0 aliphatic heterocycles. The SMILES string of the molecule is CCC(C)CN(C)S(=O)(=O)c1ccsc1CNC(C)C. The quantitative estimate of drug-likeness (QED) is 0.802. The van der Waals surface area contributed by atoms with E-state index in [9.17, 15) is 8.42 Å². The molecular weight excluding hydrogens is 292 g/mol. The smallest absolute Gasteiger partial charge is 0.243 e. The van der Waals surface area contributed by atoms with Crippen molar-refractivity contribution in [3.63, 3.8) is 0 Å². The molecule has 1 aromatic rings. The highest BCUT2D eigenvalue weighted by Gasteiger charge is 2.25. The molecule has 0 fully saturated rings. The molecule has 1 N–H and O–H groups in total. The first-order valence-electron chi connectivity index (χ1n) is 7.05. The molecule has 0 saturated carbocycles. The van der Waals surface area contributed by atoms with E-state index in [2.05, 4.69) is 33.0 Å². The number of sulfonamides is 1. The fourth-order valence-electron chi connectivity index (χ4n) is 1.82. The van der Waals surface area contributed by atoms with Crippen LogP contribution >= 0.6 is 11.3 Å². The highest BCUT2D eigenvalue weighted by atomic mass is 32.2. The predicted molar refractivity (Wildman–Crippen MR) is 85.6 cm³/mol. The van der Waals surface area contributed by atoms with Crippen LogP contribution in [-0.2, 0) is 16.6 Å². The van der Waals surface area contributed by atoms with E-state index in [-0.39, 0.29) is 0 Å². The van der Waals surface area contributed by atoms with Crippen molar-refractivity contribution in [1.82, 2.24) is 9.62 Å². The molecule has 0 radical (unpaired) electrons. The molecule has 0 bridgehead atoms. The number of hydrogen-bond donors (Lipinski definition) is 1. The molecule has 0 saturated heterocycles. The van der Waals surface area contributed by atoms with Gasteiger partial charge in [0, 0.05) is 31.1 Å². The van der Waals surface area contributed by atoms with Gasteiger partial charge in [0.1, 0.15) is 0 Å². The van der Waals surface area contributed by atoms with Gasteiger partial charge in [0.15, 0.2) is 0 Å². The number of nitrogens with one attached hydrogen (secondary N) is 1. The maximum atomic E-state index is 12.6. The second-order valence-corrected chi connectivity index (χ2v) is 8.56. The number of nitrogens with zero attached hydrogens (tertiary/aromatic N) is 1. The topological polar surface area (TPSA) is 49.4 Å². The van der Waals surface area contributed by atoms with Gasteiger partial charge < -0.3 is 5.32 Å². The monoisotopic (exact) mass is 318 g/mol. The summed E-state index contributed by atoms with van der Waals surface area (Å²) in [5, 5.41) is 5.13. The maximum Gasteiger partial charge on any atom is 0.243 e. The Morgan fingerprint density at radius 2 is 2.00 bits per heavy atom. The summed E-state index contributed by atoms with van der Waals surface area (Å²) in [7, 11) is -1.71. The van der Waals surface area contributed by atoms with Crippen LogP contribution in [0.5, 0.6) is 0 Å². The Morgan fingerprint density at radius 3 is 2.55 bits per heavy atom. The molecule has 1 atom stereocenters. The van der Waals surface area contributed by atoms with Gasteiger partial charge in [-0.2, -0.15) is 0 Å². The van der Waals surface area contributed by atoms with E-state index in [0.717, 1.165) is 11.3 Å². The van der Waals surface area contributed by atoms with Crippen molar-refractivity contribution in [2.75, 3.05) is 13.6 Å². The summed E-state index contributed by atoms with van der Waals surface area (Å²) in [6.07, 6.45) is 0.977. The van der Waals surface area contributed by atoms with Gasteiger partial charge in [0.2, 0.25) is 10.0 Å². The maximum absolute atomic E-state index is 12.6. The summed E-state index contributed by atoms with van der Waals surface area (Å²) < 4.78 is 26.7. The van der Waals surface area contributed by atoms with Crippen molar-refractivity contribution in [3.05, 3.63) is 16.3 Å². The normalized spacial score (nSPS) is 14.2. The van der Waals surface area contributed by atoms with Crippen LogP contribution < -0.4 is 5.32 Å². The Labute approximate surface area is 127 Å². The molecule has 4 nitrogen and oxygen atoms in total. The van der Waals surface area contributed by atoms with Crippen molar-refractivity contribution in [2.45, 2.75) is 51.6 Å². The number of rotatable bonds is 8. The fraction of sp³-hybridized carbons (Fsp3) is 0.714. The average Bonchev–Trinajstić information content (AvgIpc) is 2.84. The highest BCUT2D eigenvalue weighted by molar-refractivity contribution is 7.89. The second-order valence-electron chi connectivity index (χ2n) is 5.54. The Morgan fingerprint density at radius 1 is 1.35 bits per heavy atom. The molecule has 0 aliphatic carbocycles. The Bertz CT molecular complexity index is 509. The van der Waals surface area contributed by atoms with Gasteiger partial charge in [-0.1, -0.05) is 34.1 Å². The first kappa shape index (κ1) is 17.6. The van der Waals surface area contributed by atoms with E-state index in [1.54, 1.807) is 13.1 Å². The minimum atomic E-state index is -3.38. The molecule has 116 valence electrons. The van der Waals surface area contributed by atoms with Gasteiger partial charge in [-0.05, 0) is 17.4 Å². The van der Waals surface area contributed by atoms with Crippen LogP contribution in [0.1, 0.15) is 39.0 Å². The third-order valence-corrected chi connectivity index (χ3v) is 6.29. The van der Waals surface area contributed by atoms with Crippen LogP contribution in [0, 0.1) is 5.92 Å². The summed E-state index contributed by atoms with van der Waals surface area (Å²) in [4.78, 5) is 1.33. The van der Waals surface area contributed by atoms with Crippen LogP contribution in [0.15, 0.2) is 16.3 Å². The number of hydrogen-bond acceptors (Lipinski definition) is 4. The first-order valence-corrected chi connectivity index (χ1v) is 9.37. The molecule has 1 unspecified atom stereocenters. The molecule has 6 heteroatoms. The third-order valence-electron chi connectivity index (χ3n) is 3.33. The van der Waals surface area contributed by atoms with Crippen molar-refractivity contribution in [1.29, 1.82) is 0 Å². The van der Waals surface area contributed by atoms with Crippen LogP contribution in [0.3, 0.4) is 0 Å². The first-order chi connectivity index (χ1) is 9.28. The molecule has 0 amide bonds. The molecule has 1 heterocycles. The van der Waals surface area contributed by atoms with Gasteiger partial charge in [-0.25, -0.2) is 12.7 Å². The largest absolute Gasteiger partial charge is 0.310 e. The summed E-state index contributed by atoms with van der Waals surface area (Å²) in [6, 6.07) is 2.05. The van der Waals surface area contributed by atoms with Crippen molar-refractivity contribution in [3.8, 4) is 0 Å². The molecule has 0 spiro atoms. The lowest BCUT2D eigenvalue weighted by atomic mass is 10.1. The van der Waals surface area contributed by atoms with Crippen LogP contribution in [-0.4, -0.2) is 32.4 Å². The van der Waals surface area contributed by atoms with Crippen LogP contribution in [0.4, 0.5) is 0 Å². The van der Waals surface area contributed by atoms with Crippen molar-refractivity contribution < 1.29 is 8.42 Å². The average molecular weight is 319 g/mol. The zero-order valence-electron chi connectivity index (χ0n) is 13.0. The van der Waals surface area contributed by atoms with E-state index in [4.69, 9.17) is 0 Å². The Balaban J connectivity index is 2.90. The van der Waals surface area contributed by atoms with E-state index in [0.29, 0.717) is 29.9 Å². The lowest BCUT2D eigenvalue weighted by Crippen LogP contribution is -2.32. The second kappa shape index (κ2) is 7.54. The number of thiophene rings is 1. The van der Waals surface area contributed by atoms with Crippen molar-refractivity contribution >= 4 is 21.4 Å². The summed E-state index contributed by atoms with van der Waals surface area (Å²) >= 11 is 1.49. The van der Waals surface area contributed by atoms with Gasteiger partial charge in [0.25, 0.3) is 0 Å². The highest BCUT2D eigenvalue weighted by Crippen LogP contribution is 2.25. The van der Waals surface area contributed by atoms with Crippen molar-refractivity contribution in [2.24, 2.45) is 5.92 Å². The standard InChI is InChI=1S/C14H26N2O2S2/c1-6-12(4)10-16(5)20(17,18)14-7-8-19-13(14)9-15-11(2)3/h7-8,11-12,15H,6,9-10H2,1-5H3. The molecule has 20 heavy (non-hydrogen) atoms. The summed E-state index contributed by atoms with van der Waals surface area (Å²) in [6.45, 7) is 9.41. The van der Waals surface area contributed by atoms with E-state index in [1.807, 2.05) is 5.38 Å². The molecule has 1 rings (SSSR count). The Kier molecular flexibility index (Phi) is 6.64. The van der Waals surface area contributed by atoms with Gasteiger partial charge in [-0.3, -0.25) is 0 Å². The lowest BCUT2D eigenvalue weighted by molar-refractivity contribution is 0.393. The molecular formula is C14H26N2O2S2. The minimum absolute atomic E-state index is 0.338. The van der Waals surface area contributed by atoms with Gasteiger partial charge in [-0.15, -0.1) is 11.3 Å². The molecule has 0 aromatic carbocycles. The lowest BCUT2D eigenvalue weighted by Gasteiger charge is -2.21. The summed E-state index contributed by atoms with van der Waals surface area (Å²) in [5.41, 5.74) is 0. The van der Waals surface area contributed by atoms with E-state index >= 15 is 0 Å². The zero-order chi connectivity index (χ0) is 15.3. The fourth-order valence-corrected chi connectivity index (χ4v) is 4.47. The summed E-state index contributed by atoms with van der Waals surface area (Å²) in [5.74, 6) is 0.366. The van der Waals surface area contributed by atoms with Gasteiger partial charge >= 0.3 is 0 Å². The van der Waals surface area contributed by atoms with Gasteiger partial charge in [0.05, 0.1) is 4.90 Å². The van der Waals surface area contributed by atoms with Crippen LogP contribution in [0.25, 0.3) is 0 Å². The minimum Gasteiger partial charge on any atom is -0.310 e. The third kappa shape index (κ3) is 4.55. The molecule has 0 aliphatic rings. The zero-order valence-corrected chi connectivity index (χ0v) is 14.6. The Hall–Kier alpha value is -0.430.